The monoisotopic (exact) mass is 318 g/mol. The third kappa shape index (κ3) is 4.55. The van der Waals surface area contributed by atoms with Gasteiger partial charge in [-0.1, -0.05) is 17.7 Å². The Morgan fingerprint density at radius 3 is 2.35 bits per heavy atom. The third-order valence-corrected chi connectivity index (χ3v) is 4.21. The number of carbonyl (C=O) groups excluding carboxylic acids is 2. The van der Waals surface area contributed by atoms with Crippen molar-refractivity contribution in [1.29, 1.82) is 0 Å². The van der Waals surface area contributed by atoms with Gasteiger partial charge in [-0.05, 0) is 44.7 Å². The van der Waals surface area contributed by atoms with Gasteiger partial charge in [-0.2, -0.15) is 0 Å². The van der Waals surface area contributed by atoms with E-state index in [9.17, 15) is 9.59 Å². The first-order valence-electron chi connectivity index (χ1n) is 8.09. The van der Waals surface area contributed by atoms with Crippen LogP contribution in [-0.4, -0.2) is 32.1 Å². The predicted octanol–water partition coefficient (Wildman–Crippen LogP) is 2.34. The molecule has 2 amide bonds. The van der Waals surface area contributed by atoms with Gasteiger partial charge in [0.1, 0.15) is 0 Å². The van der Waals surface area contributed by atoms with Crippen molar-refractivity contribution < 1.29 is 14.3 Å². The average molecular weight is 318 g/mol. The van der Waals surface area contributed by atoms with E-state index in [0.29, 0.717) is 19.6 Å². The number of amides is 2. The molecule has 2 rings (SSSR count). The van der Waals surface area contributed by atoms with Gasteiger partial charge in [0.15, 0.2) is 0 Å². The van der Waals surface area contributed by atoms with Crippen LogP contribution < -0.4 is 10.6 Å². The Morgan fingerprint density at radius 1 is 1.13 bits per heavy atom. The Kier molecular flexibility index (Phi) is 5.77. The number of rotatable bonds is 7. The van der Waals surface area contributed by atoms with Crippen LogP contribution in [-0.2, 0) is 14.3 Å². The van der Waals surface area contributed by atoms with Crippen LogP contribution in [0.3, 0.4) is 0 Å². The molecule has 2 unspecified atom stereocenters. The fraction of sp³-hybridized carbons (Fsp3) is 0.556. The van der Waals surface area contributed by atoms with E-state index in [2.05, 4.69) is 22.8 Å². The van der Waals surface area contributed by atoms with Crippen molar-refractivity contribution in [2.45, 2.75) is 33.6 Å². The van der Waals surface area contributed by atoms with E-state index in [1.165, 1.54) is 5.56 Å². The van der Waals surface area contributed by atoms with Crippen LogP contribution in [0, 0.1) is 32.6 Å². The maximum absolute atomic E-state index is 12.3. The van der Waals surface area contributed by atoms with Gasteiger partial charge in [-0.3, -0.25) is 9.59 Å². The minimum absolute atomic E-state index is 0.0291. The molecule has 2 atom stereocenters. The zero-order valence-electron chi connectivity index (χ0n) is 14.4. The first kappa shape index (κ1) is 17.5. The molecule has 126 valence electrons. The smallest absolute Gasteiger partial charge is 0.228 e. The van der Waals surface area contributed by atoms with Gasteiger partial charge in [0.25, 0.3) is 0 Å². The van der Waals surface area contributed by atoms with Crippen molar-refractivity contribution >= 4 is 17.5 Å². The highest BCUT2D eigenvalue weighted by molar-refractivity contribution is 6.00. The van der Waals surface area contributed by atoms with Gasteiger partial charge < -0.3 is 15.4 Å². The molecule has 1 aliphatic carbocycles. The molecule has 1 saturated carbocycles. The Labute approximate surface area is 137 Å². The molecule has 2 N–H and O–H groups in total. The quantitative estimate of drug-likeness (QED) is 0.758. The summed E-state index contributed by atoms with van der Waals surface area (Å²) in [6, 6.07) is 4.10. The van der Waals surface area contributed by atoms with E-state index >= 15 is 0 Å². The molecule has 0 radical (unpaired) electrons. The lowest BCUT2D eigenvalue weighted by Gasteiger charge is -2.13. The van der Waals surface area contributed by atoms with E-state index in [-0.39, 0.29) is 23.7 Å². The number of aryl methyl sites for hydroxylation is 3. The second-order valence-electron chi connectivity index (χ2n) is 6.35. The lowest BCUT2D eigenvalue weighted by atomic mass is 10.0. The highest BCUT2D eigenvalue weighted by atomic mass is 16.5. The van der Waals surface area contributed by atoms with Crippen LogP contribution in [0.4, 0.5) is 5.69 Å². The summed E-state index contributed by atoms with van der Waals surface area (Å²) in [7, 11) is 1.64. The zero-order chi connectivity index (χ0) is 17.0. The number of anilines is 1. The van der Waals surface area contributed by atoms with Crippen molar-refractivity contribution in [3.63, 3.8) is 0 Å². The predicted molar refractivity (Wildman–Crippen MR) is 90.4 cm³/mol. The molecule has 0 bridgehead atoms. The number of nitrogens with one attached hydrogen (secondary N) is 2. The van der Waals surface area contributed by atoms with E-state index in [4.69, 9.17) is 4.74 Å². The maximum Gasteiger partial charge on any atom is 0.228 e. The Morgan fingerprint density at radius 2 is 1.74 bits per heavy atom. The van der Waals surface area contributed by atoms with E-state index < -0.39 is 0 Å². The fourth-order valence-corrected chi connectivity index (χ4v) is 2.93. The van der Waals surface area contributed by atoms with Crippen LogP contribution in [0.2, 0.25) is 0 Å². The minimum atomic E-state index is -0.211. The number of benzene rings is 1. The molecular weight excluding hydrogens is 292 g/mol. The summed E-state index contributed by atoms with van der Waals surface area (Å²) < 4.78 is 4.94. The molecule has 1 fully saturated rings. The molecule has 0 spiro atoms. The molecule has 0 aromatic heterocycles. The summed E-state index contributed by atoms with van der Waals surface area (Å²) in [4.78, 5) is 24.3. The first-order valence-corrected chi connectivity index (χ1v) is 8.09. The second kappa shape index (κ2) is 7.59. The van der Waals surface area contributed by atoms with Gasteiger partial charge in [-0.15, -0.1) is 0 Å². The topological polar surface area (TPSA) is 67.4 Å². The minimum Gasteiger partial charge on any atom is -0.385 e. The van der Waals surface area contributed by atoms with Crippen LogP contribution >= 0.6 is 0 Å². The maximum atomic E-state index is 12.3. The molecule has 0 saturated heterocycles. The standard InChI is InChI=1S/C18H26N2O3/c1-11-8-12(2)16(13(3)9-11)20-18(22)15-10-14(15)17(21)19-6-5-7-23-4/h8-9,14-15H,5-7,10H2,1-4H3,(H,19,21)(H,20,22). The van der Waals surface area contributed by atoms with Gasteiger partial charge >= 0.3 is 0 Å². The number of methoxy groups -OCH3 is 1. The molecule has 0 aliphatic heterocycles. The van der Waals surface area contributed by atoms with Crippen molar-refractivity contribution in [2.24, 2.45) is 11.8 Å². The van der Waals surface area contributed by atoms with E-state index in [1.54, 1.807) is 7.11 Å². The van der Waals surface area contributed by atoms with Gasteiger partial charge in [0, 0.05) is 25.9 Å². The molecule has 5 nitrogen and oxygen atoms in total. The summed E-state index contributed by atoms with van der Waals surface area (Å²) in [5.41, 5.74) is 4.15. The molecule has 0 heterocycles. The van der Waals surface area contributed by atoms with Crippen molar-refractivity contribution in [3.05, 3.63) is 28.8 Å². The van der Waals surface area contributed by atoms with Gasteiger partial charge in [-0.25, -0.2) is 0 Å². The number of hydrogen-bond donors (Lipinski definition) is 2. The van der Waals surface area contributed by atoms with Crippen LogP contribution in [0.1, 0.15) is 29.5 Å². The number of hydrogen-bond acceptors (Lipinski definition) is 3. The Hall–Kier alpha value is -1.88. The fourth-order valence-electron chi connectivity index (χ4n) is 2.93. The largest absolute Gasteiger partial charge is 0.385 e. The number of carbonyl (C=O) groups is 2. The molecule has 1 aromatic carbocycles. The van der Waals surface area contributed by atoms with Crippen molar-refractivity contribution in [3.8, 4) is 0 Å². The molecule has 23 heavy (non-hydrogen) atoms. The van der Waals surface area contributed by atoms with Crippen LogP contribution in [0.5, 0.6) is 0 Å². The summed E-state index contributed by atoms with van der Waals surface area (Å²) in [5.74, 6) is -0.489. The Balaban J connectivity index is 1.86. The zero-order valence-corrected chi connectivity index (χ0v) is 14.4. The van der Waals surface area contributed by atoms with E-state index in [1.807, 2.05) is 20.8 Å². The van der Waals surface area contributed by atoms with Crippen molar-refractivity contribution in [1.82, 2.24) is 5.32 Å². The Bertz CT molecular complexity index is 575. The number of ether oxygens (including phenoxy) is 1. The highest BCUT2D eigenvalue weighted by Gasteiger charge is 2.48. The molecule has 1 aliphatic rings. The average Bonchev–Trinajstić information content (AvgIpc) is 3.27. The van der Waals surface area contributed by atoms with E-state index in [0.717, 1.165) is 23.2 Å². The second-order valence-corrected chi connectivity index (χ2v) is 6.35. The third-order valence-electron chi connectivity index (χ3n) is 4.21. The first-order chi connectivity index (χ1) is 10.9. The summed E-state index contributed by atoms with van der Waals surface area (Å²) in [6.07, 6.45) is 1.42. The van der Waals surface area contributed by atoms with Crippen molar-refractivity contribution in [2.75, 3.05) is 25.6 Å². The van der Waals surface area contributed by atoms with Crippen LogP contribution in [0.15, 0.2) is 12.1 Å². The van der Waals surface area contributed by atoms with Gasteiger partial charge in [0.05, 0.1) is 11.8 Å². The van der Waals surface area contributed by atoms with Gasteiger partial charge in [0.2, 0.25) is 11.8 Å². The summed E-state index contributed by atoms with van der Waals surface area (Å²) in [6.45, 7) is 7.23. The molecule has 1 aromatic rings. The lowest BCUT2D eigenvalue weighted by Crippen LogP contribution is -2.28. The summed E-state index contributed by atoms with van der Waals surface area (Å²) >= 11 is 0. The molecular formula is C18H26N2O3. The molecule has 5 heteroatoms. The lowest BCUT2D eigenvalue weighted by molar-refractivity contribution is -0.125. The SMILES string of the molecule is COCCCNC(=O)C1CC1C(=O)Nc1c(C)cc(C)cc1C. The normalized spacial score (nSPS) is 19.3. The summed E-state index contributed by atoms with van der Waals surface area (Å²) in [5, 5.41) is 5.85. The highest BCUT2D eigenvalue weighted by Crippen LogP contribution is 2.40. The van der Waals surface area contributed by atoms with Crippen LogP contribution in [0.25, 0.3) is 0 Å².